The second-order valence-corrected chi connectivity index (χ2v) is 8.43. The fourth-order valence-electron chi connectivity index (χ4n) is 3.13. The van der Waals surface area contributed by atoms with Crippen LogP contribution in [0.25, 0.3) is 10.6 Å². The number of amides is 1. The van der Waals surface area contributed by atoms with Gasteiger partial charge in [-0.15, -0.1) is 11.3 Å². The maximum absolute atomic E-state index is 14.1. The Bertz CT molecular complexity index is 1100. The topological polar surface area (TPSA) is 77.2 Å². The number of hydrogen-bond acceptors (Lipinski definition) is 5. The number of carbonyl (C=O) groups is 1. The number of hydrazine groups is 1. The highest BCUT2D eigenvalue weighted by molar-refractivity contribution is 7.15. The number of ether oxygens (including phenoxy) is 1. The Morgan fingerprint density at radius 2 is 1.88 bits per heavy atom. The molecule has 176 valence electrons. The van der Waals surface area contributed by atoms with Crippen LogP contribution >= 0.6 is 11.3 Å². The van der Waals surface area contributed by atoms with E-state index in [1.807, 2.05) is 5.43 Å². The monoisotopic (exact) mass is 481 g/mol. The number of halogens is 4. The van der Waals surface area contributed by atoms with E-state index in [1.54, 1.807) is 6.07 Å². The van der Waals surface area contributed by atoms with Crippen LogP contribution in [0.1, 0.15) is 51.8 Å². The highest BCUT2D eigenvalue weighted by Crippen LogP contribution is 2.33. The molecule has 0 unspecified atom stereocenters. The molecule has 1 heterocycles. The first-order chi connectivity index (χ1) is 15.7. The van der Waals surface area contributed by atoms with E-state index < -0.39 is 23.5 Å². The van der Waals surface area contributed by atoms with Crippen molar-refractivity contribution in [1.82, 2.24) is 10.4 Å². The molecule has 0 spiro atoms. The Hall–Kier alpha value is -2.82. The molecule has 0 radical (unpaired) electrons. The van der Waals surface area contributed by atoms with Crippen LogP contribution in [0.4, 0.5) is 17.6 Å². The minimum Gasteiger partial charge on any atom is -0.371 e. The first-order valence-corrected chi connectivity index (χ1v) is 11.1. The SMILES string of the molecule is CCCCc1nc(-c2ccc(C(F)(F)F)cc2)sc1COCc1ccc(C(=O)NN)c(F)c1. The van der Waals surface area contributed by atoms with Gasteiger partial charge in [0.2, 0.25) is 0 Å². The number of aromatic nitrogens is 1. The van der Waals surface area contributed by atoms with Crippen molar-refractivity contribution in [2.75, 3.05) is 0 Å². The number of benzene rings is 2. The second kappa shape index (κ2) is 10.9. The summed E-state index contributed by atoms with van der Waals surface area (Å²) < 4.78 is 58.3. The average Bonchev–Trinajstić information content (AvgIpc) is 3.19. The maximum atomic E-state index is 14.1. The number of nitrogen functional groups attached to an aromatic ring is 1. The molecule has 1 amide bonds. The van der Waals surface area contributed by atoms with Gasteiger partial charge in [0, 0.05) is 5.56 Å². The number of unbranched alkanes of at least 4 members (excludes halogenated alkanes) is 1. The number of nitrogens with two attached hydrogens (primary N) is 1. The predicted octanol–water partition coefficient (Wildman–Crippen LogP) is 5.63. The number of rotatable bonds is 9. The largest absolute Gasteiger partial charge is 0.416 e. The smallest absolute Gasteiger partial charge is 0.371 e. The van der Waals surface area contributed by atoms with Crippen molar-refractivity contribution in [2.45, 2.75) is 45.6 Å². The van der Waals surface area contributed by atoms with Crippen LogP contribution in [0.3, 0.4) is 0 Å². The molecule has 0 bridgehead atoms. The molecule has 0 aliphatic carbocycles. The zero-order chi connectivity index (χ0) is 24.0. The van der Waals surface area contributed by atoms with Crippen molar-refractivity contribution in [3.05, 3.63) is 75.5 Å². The van der Waals surface area contributed by atoms with E-state index >= 15 is 0 Å². The van der Waals surface area contributed by atoms with E-state index in [2.05, 4.69) is 11.9 Å². The van der Waals surface area contributed by atoms with Crippen LogP contribution in [0.15, 0.2) is 42.5 Å². The van der Waals surface area contributed by atoms with Gasteiger partial charge >= 0.3 is 6.18 Å². The molecule has 1 aromatic heterocycles. The fourth-order valence-corrected chi connectivity index (χ4v) is 4.18. The lowest BCUT2D eigenvalue weighted by Gasteiger charge is -2.07. The van der Waals surface area contributed by atoms with Crippen LogP contribution in [0, 0.1) is 5.82 Å². The molecule has 2 aromatic carbocycles. The van der Waals surface area contributed by atoms with Gasteiger partial charge in [-0.25, -0.2) is 15.2 Å². The normalized spacial score (nSPS) is 11.6. The van der Waals surface area contributed by atoms with E-state index in [1.165, 1.54) is 35.6 Å². The van der Waals surface area contributed by atoms with E-state index in [9.17, 15) is 22.4 Å². The highest BCUT2D eigenvalue weighted by Gasteiger charge is 2.30. The number of thiazole rings is 1. The van der Waals surface area contributed by atoms with Crippen LogP contribution in [-0.2, 0) is 30.5 Å². The van der Waals surface area contributed by atoms with E-state index in [4.69, 9.17) is 10.6 Å². The summed E-state index contributed by atoms with van der Waals surface area (Å²) in [6, 6.07) is 9.03. The Kier molecular flexibility index (Phi) is 8.17. The Labute approximate surface area is 192 Å². The molecule has 3 aromatic rings. The molecular formula is C23H23F4N3O2S. The summed E-state index contributed by atoms with van der Waals surface area (Å²) in [4.78, 5) is 17.0. The third kappa shape index (κ3) is 6.37. The Morgan fingerprint density at radius 1 is 1.15 bits per heavy atom. The van der Waals surface area contributed by atoms with Gasteiger partial charge in [0.1, 0.15) is 10.8 Å². The summed E-state index contributed by atoms with van der Waals surface area (Å²) in [5, 5.41) is 0.622. The van der Waals surface area contributed by atoms with Gasteiger partial charge in [-0.2, -0.15) is 13.2 Å². The van der Waals surface area contributed by atoms with Gasteiger partial charge in [-0.1, -0.05) is 31.5 Å². The maximum Gasteiger partial charge on any atom is 0.416 e. The zero-order valence-electron chi connectivity index (χ0n) is 17.8. The third-order valence-electron chi connectivity index (χ3n) is 4.92. The number of alkyl halides is 3. The average molecular weight is 482 g/mol. The number of carbonyl (C=O) groups excluding carboxylic acids is 1. The lowest BCUT2D eigenvalue weighted by Crippen LogP contribution is -2.30. The summed E-state index contributed by atoms with van der Waals surface area (Å²) in [6.07, 6.45) is -1.78. The molecule has 3 rings (SSSR count). The van der Waals surface area contributed by atoms with Crippen molar-refractivity contribution in [1.29, 1.82) is 0 Å². The second-order valence-electron chi connectivity index (χ2n) is 7.35. The molecule has 5 nitrogen and oxygen atoms in total. The molecule has 0 saturated carbocycles. The van der Waals surface area contributed by atoms with E-state index in [0.29, 0.717) is 16.1 Å². The molecular weight excluding hydrogens is 458 g/mol. The predicted molar refractivity (Wildman–Crippen MR) is 118 cm³/mol. The van der Waals surface area contributed by atoms with Crippen LogP contribution in [0.5, 0.6) is 0 Å². The van der Waals surface area contributed by atoms with Crippen LogP contribution in [-0.4, -0.2) is 10.9 Å². The molecule has 0 fully saturated rings. The minimum absolute atomic E-state index is 0.113. The lowest BCUT2D eigenvalue weighted by molar-refractivity contribution is -0.137. The van der Waals surface area contributed by atoms with Gasteiger partial charge in [0.25, 0.3) is 5.91 Å². The Morgan fingerprint density at radius 3 is 2.48 bits per heavy atom. The van der Waals surface area contributed by atoms with Crippen molar-refractivity contribution < 1.29 is 27.1 Å². The van der Waals surface area contributed by atoms with Gasteiger partial charge in [-0.3, -0.25) is 10.2 Å². The lowest BCUT2D eigenvalue weighted by atomic mass is 10.1. The minimum atomic E-state index is -4.39. The molecule has 0 saturated heterocycles. The molecule has 0 aliphatic heterocycles. The highest BCUT2D eigenvalue weighted by atomic mass is 32.1. The molecule has 10 heteroatoms. The van der Waals surface area contributed by atoms with Crippen molar-refractivity contribution in [3.8, 4) is 10.6 Å². The zero-order valence-corrected chi connectivity index (χ0v) is 18.7. The van der Waals surface area contributed by atoms with Crippen LogP contribution in [0.2, 0.25) is 0 Å². The van der Waals surface area contributed by atoms with Crippen molar-refractivity contribution in [2.24, 2.45) is 5.84 Å². The summed E-state index contributed by atoms with van der Waals surface area (Å²) in [7, 11) is 0. The van der Waals surface area contributed by atoms with Gasteiger partial charge < -0.3 is 4.74 Å². The molecule has 33 heavy (non-hydrogen) atoms. The number of nitrogens with one attached hydrogen (secondary N) is 1. The van der Waals surface area contributed by atoms with Gasteiger partial charge in [0.15, 0.2) is 0 Å². The standard InChI is InChI=1S/C23H23F4N3O2S/c1-2-3-4-19-20(13-32-12-14-5-10-17(18(24)11-14)21(31)30-28)33-22(29-19)15-6-8-16(9-7-15)23(25,26)27/h5-11H,2-4,12-13,28H2,1H3,(H,30,31). The van der Waals surface area contributed by atoms with Crippen LogP contribution < -0.4 is 11.3 Å². The Balaban J connectivity index is 1.72. The summed E-state index contributed by atoms with van der Waals surface area (Å²) in [6.45, 7) is 2.40. The quantitative estimate of drug-likeness (QED) is 0.180. The summed E-state index contributed by atoms with van der Waals surface area (Å²) in [5.41, 5.74) is 3.01. The first-order valence-electron chi connectivity index (χ1n) is 10.3. The van der Waals surface area contributed by atoms with Crippen molar-refractivity contribution in [3.63, 3.8) is 0 Å². The number of aryl methyl sites for hydroxylation is 1. The summed E-state index contributed by atoms with van der Waals surface area (Å²) >= 11 is 1.37. The number of hydrogen-bond donors (Lipinski definition) is 2. The third-order valence-corrected chi connectivity index (χ3v) is 6.04. The van der Waals surface area contributed by atoms with Gasteiger partial charge in [0.05, 0.1) is 34.9 Å². The molecule has 0 atom stereocenters. The fraction of sp³-hybridized carbons (Fsp3) is 0.304. The van der Waals surface area contributed by atoms with Crippen molar-refractivity contribution >= 4 is 17.2 Å². The number of nitrogens with zero attached hydrogens (tertiary/aromatic N) is 1. The van der Waals surface area contributed by atoms with Gasteiger partial charge in [-0.05, 0) is 42.7 Å². The van der Waals surface area contributed by atoms with E-state index in [0.717, 1.165) is 42.0 Å². The summed E-state index contributed by atoms with van der Waals surface area (Å²) in [5.74, 6) is 3.60. The molecule has 0 aliphatic rings. The van der Waals surface area contributed by atoms with E-state index in [-0.39, 0.29) is 18.8 Å². The first kappa shape index (κ1) is 24.8. The molecule has 3 N–H and O–H groups in total.